The van der Waals surface area contributed by atoms with Crippen molar-refractivity contribution >= 4 is 17.7 Å². The number of nitrogens with one attached hydrogen (secondary N) is 1. The van der Waals surface area contributed by atoms with Gasteiger partial charge in [-0.1, -0.05) is 11.6 Å². The van der Waals surface area contributed by atoms with Crippen LogP contribution in [0.4, 0.5) is 0 Å². The van der Waals surface area contributed by atoms with Crippen LogP contribution in [0.25, 0.3) is 0 Å². The minimum atomic E-state index is -0.909. The predicted molar refractivity (Wildman–Crippen MR) is 108 cm³/mol. The van der Waals surface area contributed by atoms with E-state index in [2.05, 4.69) is 11.4 Å². The van der Waals surface area contributed by atoms with Gasteiger partial charge in [0.15, 0.2) is 30.0 Å². The van der Waals surface area contributed by atoms with Crippen molar-refractivity contribution in [3.8, 4) is 11.5 Å². The first-order valence-electron chi connectivity index (χ1n) is 9.87. The number of allylic oxidation sites excluding steroid dienone is 1. The number of carbonyl (C=O) groups excluding carboxylic acids is 3. The maximum atomic E-state index is 12.1. The van der Waals surface area contributed by atoms with Crippen LogP contribution in [0.1, 0.15) is 56.3 Å². The zero-order chi connectivity index (χ0) is 21.2. The maximum Gasteiger partial charge on any atom is 0.344 e. The molecule has 7 heteroatoms. The number of benzene rings is 1. The van der Waals surface area contributed by atoms with Crippen LogP contribution < -0.4 is 14.8 Å². The van der Waals surface area contributed by atoms with Crippen LogP contribution in [-0.2, 0) is 14.3 Å². The summed E-state index contributed by atoms with van der Waals surface area (Å²) in [6.45, 7) is 3.13. The normalized spacial score (nSPS) is 14.4. The van der Waals surface area contributed by atoms with Crippen LogP contribution in [0.5, 0.6) is 11.5 Å². The fourth-order valence-electron chi connectivity index (χ4n) is 3.05. The summed E-state index contributed by atoms with van der Waals surface area (Å²) in [6, 6.07) is 4.68. The fraction of sp³-hybridized carbons (Fsp3) is 0.500. The Bertz CT molecular complexity index is 771. The molecule has 0 aliphatic heterocycles. The molecular formula is C22H29NO6. The summed E-state index contributed by atoms with van der Waals surface area (Å²) in [5.74, 6) is -0.451. The summed E-state index contributed by atoms with van der Waals surface area (Å²) < 4.78 is 15.7. The van der Waals surface area contributed by atoms with Crippen molar-refractivity contribution in [2.75, 3.05) is 20.3 Å². The number of ketones is 1. The quantitative estimate of drug-likeness (QED) is 0.366. The third-order valence-electron chi connectivity index (χ3n) is 4.72. The van der Waals surface area contributed by atoms with E-state index in [0.717, 1.165) is 19.3 Å². The molecule has 158 valence electrons. The van der Waals surface area contributed by atoms with Gasteiger partial charge in [-0.3, -0.25) is 9.59 Å². The Labute approximate surface area is 171 Å². The molecule has 0 radical (unpaired) electrons. The zero-order valence-corrected chi connectivity index (χ0v) is 17.3. The van der Waals surface area contributed by atoms with Crippen LogP contribution >= 0.6 is 0 Å². The second-order valence-electron chi connectivity index (χ2n) is 6.99. The Kier molecular flexibility index (Phi) is 8.70. The van der Waals surface area contributed by atoms with Crippen LogP contribution in [0, 0.1) is 0 Å². The van der Waals surface area contributed by atoms with Crippen molar-refractivity contribution in [3.05, 3.63) is 35.4 Å². The first kappa shape index (κ1) is 22.5. The molecule has 7 nitrogen and oxygen atoms in total. The van der Waals surface area contributed by atoms with Crippen LogP contribution in [-0.4, -0.2) is 44.0 Å². The van der Waals surface area contributed by atoms with Crippen molar-refractivity contribution in [2.45, 2.75) is 52.1 Å². The molecule has 1 aliphatic rings. The molecule has 29 heavy (non-hydrogen) atoms. The average Bonchev–Trinajstić information content (AvgIpc) is 2.72. The van der Waals surface area contributed by atoms with E-state index in [4.69, 9.17) is 14.2 Å². The summed E-state index contributed by atoms with van der Waals surface area (Å²) in [7, 11) is 1.44. The Morgan fingerprint density at radius 3 is 2.62 bits per heavy atom. The summed E-state index contributed by atoms with van der Waals surface area (Å²) in [5, 5.41) is 2.79. The smallest absolute Gasteiger partial charge is 0.344 e. The summed E-state index contributed by atoms with van der Waals surface area (Å²) in [6.07, 6.45) is 6.80. The van der Waals surface area contributed by atoms with Gasteiger partial charge in [0.05, 0.1) is 7.11 Å². The Balaban J connectivity index is 1.75. The standard InChI is InChI=1S/C22H29NO6/c1-15(24)18-9-10-19(20(13-18)27-3)28-14-21(25)29-16(2)22(26)23-12-11-17-7-5-4-6-8-17/h7,9-10,13,16H,4-6,8,11-12,14H2,1-3H3,(H,23,26)/t16-/m0/s1. The molecule has 1 N–H and O–H groups in total. The molecule has 0 saturated carbocycles. The minimum Gasteiger partial charge on any atom is -0.493 e. The van der Waals surface area contributed by atoms with E-state index in [1.165, 1.54) is 39.4 Å². The van der Waals surface area contributed by atoms with Gasteiger partial charge in [0.1, 0.15) is 0 Å². The van der Waals surface area contributed by atoms with Crippen molar-refractivity contribution in [2.24, 2.45) is 0 Å². The largest absolute Gasteiger partial charge is 0.493 e. The third-order valence-corrected chi connectivity index (χ3v) is 4.72. The van der Waals surface area contributed by atoms with E-state index >= 15 is 0 Å². The molecule has 0 saturated heterocycles. The number of hydrogen-bond donors (Lipinski definition) is 1. The number of ether oxygens (including phenoxy) is 3. The molecule has 0 heterocycles. The molecule has 1 aromatic carbocycles. The average molecular weight is 403 g/mol. The van der Waals surface area contributed by atoms with Gasteiger partial charge >= 0.3 is 5.97 Å². The first-order chi connectivity index (χ1) is 13.9. The van der Waals surface area contributed by atoms with Crippen molar-refractivity contribution in [1.29, 1.82) is 0 Å². The molecule has 0 aromatic heterocycles. The Hall–Kier alpha value is -2.83. The molecule has 0 unspecified atom stereocenters. The molecule has 2 rings (SSSR count). The van der Waals surface area contributed by atoms with Crippen LogP contribution in [0.15, 0.2) is 29.8 Å². The third kappa shape index (κ3) is 7.25. The maximum absolute atomic E-state index is 12.1. The SMILES string of the molecule is COc1cc(C(C)=O)ccc1OCC(=O)O[C@@H](C)C(=O)NCCC1=CCCCC1. The lowest BCUT2D eigenvalue weighted by Crippen LogP contribution is -2.37. The number of methoxy groups -OCH3 is 1. The highest BCUT2D eigenvalue weighted by Gasteiger charge is 2.19. The number of Topliss-reactive ketones (excluding diaryl/α,β-unsaturated/α-hetero) is 1. The Morgan fingerprint density at radius 1 is 1.17 bits per heavy atom. The number of carbonyl (C=O) groups is 3. The van der Waals surface area contributed by atoms with Gasteiger partial charge < -0.3 is 19.5 Å². The monoisotopic (exact) mass is 403 g/mol. The van der Waals surface area contributed by atoms with E-state index in [1.807, 2.05) is 0 Å². The number of esters is 1. The lowest BCUT2D eigenvalue weighted by atomic mass is 9.97. The van der Waals surface area contributed by atoms with Gasteiger partial charge in [0.25, 0.3) is 5.91 Å². The Morgan fingerprint density at radius 2 is 1.97 bits per heavy atom. The second kappa shape index (κ2) is 11.2. The van der Waals surface area contributed by atoms with Gasteiger partial charge in [0, 0.05) is 12.1 Å². The molecule has 1 aromatic rings. The number of amides is 1. The van der Waals surface area contributed by atoms with E-state index in [9.17, 15) is 14.4 Å². The summed E-state index contributed by atoms with van der Waals surface area (Å²) in [5.41, 5.74) is 1.85. The van der Waals surface area contributed by atoms with Gasteiger partial charge in [-0.15, -0.1) is 0 Å². The highest BCUT2D eigenvalue weighted by molar-refractivity contribution is 5.94. The highest BCUT2D eigenvalue weighted by atomic mass is 16.6. The minimum absolute atomic E-state index is 0.103. The summed E-state index contributed by atoms with van der Waals surface area (Å²) >= 11 is 0. The molecule has 1 amide bonds. The first-order valence-corrected chi connectivity index (χ1v) is 9.87. The molecule has 0 fully saturated rings. The second-order valence-corrected chi connectivity index (χ2v) is 6.99. The zero-order valence-electron chi connectivity index (χ0n) is 17.3. The van der Waals surface area contributed by atoms with E-state index in [0.29, 0.717) is 23.6 Å². The van der Waals surface area contributed by atoms with Crippen molar-refractivity contribution < 1.29 is 28.6 Å². The highest BCUT2D eigenvalue weighted by Crippen LogP contribution is 2.28. The van der Waals surface area contributed by atoms with Crippen LogP contribution in [0.3, 0.4) is 0 Å². The van der Waals surface area contributed by atoms with Gasteiger partial charge in [-0.2, -0.15) is 0 Å². The van der Waals surface area contributed by atoms with Crippen molar-refractivity contribution in [3.63, 3.8) is 0 Å². The molecule has 0 spiro atoms. The van der Waals surface area contributed by atoms with E-state index < -0.39 is 12.1 Å². The predicted octanol–water partition coefficient (Wildman–Crippen LogP) is 3.22. The van der Waals surface area contributed by atoms with Crippen LogP contribution in [0.2, 0.25) is 0 Å². The van der Waals surface area contributed by atoms with Crippen molar-refractivity contribution in [1.82, 2.24) is 5.32 Å². The fourth-order valence-corrected chi connectivity index (χ4v) is 3.05. The van der Waals surface area contributed by atoms with Gasteiger partial charge in [-0.25, -0.2) is 4.79 Å². The number of rotatable bonds is 10. The lowest BCUT2D eigenvalue weighted by molar-refractivity contribution is -0.156. The molecular weight excluding hydrogens is 374 g/mol. The van der Waals surface area contributed by atoms with Gasteiger partial charge in [0.2, 0.25) is 0 Å². The molecule has 0 bridgehead atoms. The molecule has 1 atom stereocenters. The summed E-state index contributed by atoms with van der Waals surface area (Å²) in [4.78, 5) is 35.5. The van der Waals surface area contributed by atoms with E-state index in [-0.39, 0.29) is 18.3 Å². The topological polar surface area (TPSA) is 90.9 Å². The van der Waals surface area contributed by atoms with Gasteiger partial charge in [-0.05, 0) is 64.2 Å². The molecule has 1 aliphatic carbocycles. The lowest BCUT2D eigenvalue weighted by Gasteiger charge is -2.16. The van der Waals surface area contributed by atoms with E-state index in [1.54, 1.807) is 18.2 Å². The number of hydrogen-bond acceptors (Lipinski definition) is 6.